The van der Waals surface area contributed by atoms with Gasteiger partial charge in [0.1, 0.15) is 0 Å². The minimum absolute atomic E-state index is 0.904. The molecule has 0 spiro atoms. The average Bonchev–Trinajstić information content (AvgIpc) is 2.11. The minimum Gasteiger partial charge on any atom is -0.140 e. The topological polar surface area (TPSA) is 0 Å². The van der Waals surface area contributed by atoms with Gasteiger partial charge in [0.05, 0.1) is 0 Å². The quantitative estimate of drug-likeness (QED) is 0.333. The first-order chi connectivity index (χ1) is 6.12. The third-order valence-electron chi connectivity index (χ3n) is 2.06. The molecule has 0 N–H and O–H groups in total. The molecule has 0 amide bonds. The minimum atomic E-state index is -1.98. The summed E-state index contributed by atoms with van der Waals surface area (Å²) in [4.78, 5) is 0. The molecular formula is C10H20Cl2Si. The monoisotopic (exact) mass is 238 g/mol. The van der Waals surface area contributed by atoms with Gasteiger partial charge in [-0.05, 0) is 18.9 Å². The van der Waals surface area contributed by atoms with Gasteiger partial charge < -0.3 is 0 Å². The summed E-state index contributed by atoms with van der Waals surface area (Å²) < 4.78 is 0. The Bertz CT molecular complexity index is 144. The van der Waals surface area contributed by atoms with Crippen LogP contribution in [0.1, 0.15) is 46.0 Å². The van der Waals surface area contributed by atoms with E-state index >= 15 is 0 Å². The summed E-state index contributed by atoms with van der Waals surface area (Å²) in [5.74, 6) is 0. The molecule has 0 unspecified atom stereocenters. The lowest BCUT2D eigenvalue weighted by atomic mass is 10.2. The molecule has 0 bridgehead atoms. The lowest BCUT2D eigenvalue weighted by Gasteiger charge is -2.06. The van der Waals surface area contributed by atoms with Crippen molar-refractivity contribution in [3.05, 3.63) is 11.8 Å². The van der Waals surface area contributed by atoms with Gasteiger partial charge in [0, 0.05) is 0 Å². The Labute approximate surface area is 92.7 Å². The number of hydrogen-bond donors (Lipinski definition) is 0. The molecule has 0 atom stereocenters. The van der Waals surface area contributed by atoms with E-state index in [0.29, 0.717) is 0 Å². The van der Waals surface area contributed by atoms with Crippen molar-refractivity contribution in [3.8, 4) is 0 Å². The van der Waals surface area contributed by atoms with Crippen molar-refractivity contribution in [2.45, 2.75) is 52.0 Å². The Morgan fingerprint density at radius 2 is 1.77 bits per heavy atom. The maximum Gasteiger partial charge on any atom is 0.273 e. The van der Waals surface area contributed by atoms with Crippen molar-refractivity contribution in [2.24, 2.45) is 0 Å². The third-order valence-corrected chi connectivity index (χ3v) is 6.08. The zero-order chi connectivity index (χ0) is 10.2. The lowest BCUT2D eigenvalue weighted by molar-refractivity contribution is 0.674. The fourth-order valence-corrected chi connectivity index (χ4v) is 2.34. The van der Waals surface area contributed by atoms with Gasteiger partial charge in [-0.2, -0.15) is 0 Å². The van der Waals surface area contributed by atoms with Crippen LogP contribution in [-0.4, -0.2) is 6.69 Å². The van der Waals surface area contributed by atoms with E-state index in [4.69, 9.17) is 22.2 Å². The summed E-state index contributed by atoms with van der Waals surface area (Å²) in [5.41, 5.74) is 2.04. The Morgan fingerprint density at radius 3 is 2.31 bits per heavy atom. The average molecular weight is 239 g/mol. The fourth-order valence-electron chi connectivity index (χ4n) is 1.06. The molecular weight excluding hydrogens is 219 g/mol. The molecule has 0 saturated heterocycles. The molecule has 0 rings (SSSR count). The van der Waals surface area contributed by atoms with Crippen LogP contribution in [0.4, 0.5) is 0 Å². The second-order valence-corrected chi connectivity index (χ2v) is 10.6. The van der Waals surface area contributed by atoms with Crippen LogP contribution in [-0.2, 0) is 0 Å². The second kappa shape index (κ2) is 7.90. The first kappa shape index (κ1) is 13.5. The van der Waals surface area contributed by atoms with Crippen molar-refractivity contribution < 1.29 is 0 Å². The maximum absolute atomic E-state index is 6.08. The van der Waals surface area contributed by atoms with Crippen molar-refractivity contribution in [1.82, 2.24) is 0 Å². The van der Waals surface area contributed by atoms with Crippen LogP contribution in [0, 0.1) is 0 Å². The van der Waals surface area contributed by atoms with Gasteiger partial charge in [-0.25, -0.2) is 0 Å². The van der Waals surface area contributed by atoms with E-state index in [1.54, 1.807) is 0 Å². The predicted molar refractivity (Wildman–Crippen MR) is 65.8 cm³/mol. The van der Waals surface area contributed by atoms with Crippen LogP contribution in [0.15, 0.2) is 11.8 Å². The van der Waals surface area contributed by atoms with E-state index in [1.807, 2.05) is 12.6 Å². The first-order valence-corrected chi connectivity index (χ1v) is 9.48. The first-order valence-electron chi connectivity index (χ1n) is 5.18. The van der Waals surface area contributed by atoms with Crippen LogP contribution in [0.3, 0.4) is 0 Å². The predicted octanol–water partition coefficient (Wildman–Crippen LogP) is 4.99. The Morgan fingerprint density at radius 1 is 1.08 bits per heavy atom. The zero-order valence-corrected chi connectivity index (χ0v) is 11.2. The molecule has 0 aromatic heterocycles. The van der Waals surface area contributed by atoms with Crippen LogP contribution >= 0.6 is 22.2 Å². The maximum atomic E-state index is 6.08. The SMILES string of the molecule is CCCCCC/C=C\[Si](Cl)(Cl)CC. The molecule has 13 heavy (non-hydrogen) atoms. The number of unbranched alkanes of at least 4 members (excludes halogenated alkanes) is 4. The van der Waals surface area contributed by atoms with Gasteiger partial charge in [0.15, 0.2) is 0 Å². The van der Waals surface area contributed by atoms with Gasteiger partial charge in [0.25, 0.3) is 6.69 Å². The van der Waals surface area contributed by atoms with Crippen molar-refractivity contribution in [3.63, 3.8) is 0 Å². The van der Waals surface area contributed by atoms with Crippen molar-refractivity contribution in [2.75, 3.05) is 0 Å². The molecule has 0 fully saturated rings. The number of allylic oxidation sites excluding steroid dienone is 1. The summed E-state index contributed by atoms with van der Waals surface area (Å²) in [6, 6.07) is 0.904. The Kier molecular flexibility index (Phi) is 8.22. The summed E-state index contributed by atoms with van der Waals surface area (Å²) in [5, 5.41) is 0. The van der Waals surface area contributed by atoms with E-state index in [2.05, 4.69) is 13.0 Å². The van der Waals surface area contributed by atoms with E-state index in [0.717, 1.165) is 12.5 Å². The molecule has 3 heteroatoms. The number of rotatable bonds is 7. The van der Waals surface area contributed by atoms with Crippen LogP contribution < -0.4 is 0 Å². The van der Waals surface area contributed by atoms with E-state index in [9.17, 15) is 0 Å². The zero-order valence-electron chi connectivity index (χ0n) is 8.65. The molecule has 78 valence electrons. The van der Waals surface area contributed by atoms with Gasteiger partial charge in [0.2, 0.25) is 0 Å². The summed E-state index contributed by atoms with van der Waals surface area (Å²) in [6.07, 6.45) is 8.52. The molecule has 0 nitrogen and oxygen atoms in total. The van der Waals surface area contributed by atoms with Gasteiger partial charge in [-0.15, -0.1) is 22.2 Å². The summed E-state index contributed by atoms with van der Waals surface area (Å²) in [7, 11) is 0. The van der Waals surface area contributed by atoms with Gasteiger partial charge >= 0.3 is 0 Å². The number of halogens is 2. The lowest BCUT2D eigenvalue weighted by Crippen LogP contribution is -2.12. The Hall–Kier alpha value is 0.537. The van der Waals surface area contributed by atoms with Gasteiger partial charge in [-0.1, -0.05) is 44.9 Å². The van der Waals surface area contributed by atoms with E-state index in [-0.39, 0.29) is 0 Å². The molecule has 0 radical (unpaired) electrons. The number of hydrogen-bond acceptors (Lipinski definition) is 0. The highest BCUT2D eigenvalue weighted by molar-refractivity contribution is 7.47. The summed E-state index contributed by atoms with van der Waals surface area (Å²) in [6.45, 7) is 2.29. The largest absolute Gasteiger partial charge is 0.273 e. The van der Waals surface area contributed by atoms with Crippen LogP contribution in [0.2, 0.25) is 6.04 Å². The van der Waals surface area contributed by atoms with Crippen molar-refractivity contribution >= 4 is 28.9 Å². The van der Waals surface area contributed by atoms with E-state index < -0.39 is 6.69 Å². The highest BCUT2D eigenvalue weighted by atomic mass is 35.7. The molecule has 0 aromatic rings. The normalized spacial score (nSPS) is 12.6. The highest BCUT2D eigenvalue weighted by Crippen LogP contribution is 2.21. The molecule has 0 aliphatic rings. The third kappa shape index (κ3) is 8.86. The Balaban J connectivity index is 3.41. The molecule has 0 saturated carbocycles. The summed E-state index contributed by atoms with van der Waals surface area (Å²) >= 11 is 12.2. The molecule has 0 aliphatic carbocycles. The van der Waals surface area contributed by atoms with Crippen molar-refractivity contribution in [1.29, 1.82) is 0 Å². The molecule has 0 heterocycles. The molecule has 0 aliphatic heterocycles. The van der Waals surface area contributed by atoms with Gasteiger partial charge in [-0.3, -0.25) is 0 Å². The van der Waals surface area contributed by atoms with Crippen LogP contribution in [0.25, 0.3) is 0 Å². The fraction of sp³-hybridized carbons (Fsp3) is 0.800. The van der Waals surface area contributed by atoms with E-state index in [1.165, 1.54) is 25.7 Å². The smallest absolute Gasteiger partial charge is 0.140 e. The second-order valence-electron chi connectivity index (χ2n) is 3.37. The standard InChI is InChI=1S/C10H20Cl2Si/c1-3-5-6-7-8-9-10-13(11,12)4-2/h9-10H,3-8H2,1-2H3/b10-9-. The highest BCUT2D eigenvalue weighted by Gasteiger charge is 2.20. The molecule has 0 aromatic carbocycles. The van der Waals surface area contributed by atoms with Crippen LogP contribution in [0.5, 0.6) is 0 Å².